The second-order valence-corrected chi connectivity index (χ2v) is 6.02. The first-order valence-corrected chi connectivity index (χ1v) is 7.68. The summed E-state index contributed by atoms with van der Waals surface area (Å²) in [4.78, 5) is 41.3. The summed E-state index contributed by atoms with van der Waals surface area (Å²) in [6.07, 6.45) is 5.01. The Morgan fingerprint density at radius 2 is 2.05 bits per heavy atom. The fourth-order valence-electron chi connectivity index (χ4n) is 3.29. The van der Waals surface area contributed by atoms with Crippen LogP contribution in [0.5, 0.6) is 0 Å². The molecule has 0 saturated carbocycles. The average Bonchev–Trinajstić information content (AvgIpc) is 2.47. The van der Waals surface area contributed by atoms with Gasteiger partial charge in [0.2, 0.25) is 0 Å². The summed E-state index contributed by atoms with van der Waals surface area (Å²) in [6, 6.07) is 1.66. The summed E-state index contributed by atoms with van der Waals surface area (Å²) in [7, 11) is 0. The van der Waals surface area contributed by atoms with Crippen molar-refractivity contribution in [1.29, 1.82) is 0 Å². The van der Waals surface area contributed by atoms with E-state index in [9.17, 15) is 14.4 Å². The number of hydrogen-bond acceptors (Lipinski definition) is 3. The number of nitrogens with one attached hydrogen (secondary N) is 1. The zero-order valence-corrected chi connectivity index (χ0v) is 12.3. The molecule has 5 heteroatoms. The first kappa shape index (κ1) is 14.0. The van der Waals surface area contributed by atoms with E-state index >= 15 is 0 Å². The van der Waals surface area contributed by atoms with E-state index in [0.717, 1.165) is 25.7 Å². The highest BCUT2D eigenvalue weighted by atomic mass is 16.2. The lowest BCUT2D eigenvalue weighted by molar-refractivity contribution is 0.0633. The van der Waals surface area contributed by atoms with Crippen molar-refractivity contribution < 1.29 is 9.59 Å². The summed E-state index contributed by atoms with van der Waals surface area (Å²) >= 11 is 0. The number of fused-ring (bicyclic) bond motifs is 1. The number of amides is 1. The van der Waals surface area contributed by atoms with Gasteiger partial charge >= 0.3 is 0 Å². The molecule has 1 fully saturated rings. The van der Waals surface area contributed by atoms with Crippen molar-refractivity contribution in [3.8, 4) is 0 Å². The first-order chi connectivity index (χ1) is 10.1. The number of pyridine rings is 1. The number of nitrogens with zero attached hydrogens (tertiary/aromatic N) is 1. The molecule has 0 spiro atoms. The van der Waals surface area contributed by atoms with E-state index in [1.165, 1.54) is 6.07 Å². The Morgan fingerprint density at radius 1 is 1.24 bits per heavy atom. The summed E-state index contributed by atoms with van der Waals surface area (Å²) in [5.74, 6) is -0.224. The Bertz CT molecular complexity index is 647. The predicted octanol–water partition coefficient (Wildman–Crippen LogP) is 1.91. The topological polar surface area (TPSA) is 70.2 Å². The molecule has 1 amide bonds. The Balaban J connectivity index is 1.98. The molecule has 0 bridgehead atoms. The van der Waals surface area contributed by atoms with Gasteiger partial charge in [0.15, 0.2) is 5.78 Å². The van der Waals surface area contributed by atoms with Gasteiger partial charge in [-0.3, -0.25) is 14.4 Å². The van der Waals surface area contributed by atoms with Crippen molar-refractivity contribution >= 4 is 11.7 Å². The van der Waals surface area contributed by atoms with Crippen LogP contribution in [-0.2, 0) is 6.42 Å². The maximum atomic E-state index is 12.6. The van der Waals surface area contributed by atoms with Crippen LogP contribution in [0.4, 0.5) is 0 Å². The van der Waals surface area contributed by atoms with Gasteiger partial charge in [-0.15, -0.1) is 0 Å². The van der Waals surface area contributed by atoms with E-state index in [1.54, 1.807) is 4.90 Å². The molecular formula is C16H20N2O3. The van der Waals surface area contributed by atoms with Crippen molar-refractivity contribution in [2.75, 3.05) is 6.54 Å². The summed E-state index contributed by atoms with van der Waals surface area (Å²) in [5.41, 5.74) is 0.942. The molecule has 112 valence electrons. The number of rotatable bonds is 1. The average molecular weight is 288 g/mol. The molecule has 1 aromatic rings. The monoisotopic (exact) mass is 288 g/mol. The number of Topliss-reactive ketones (excluding diaryl/α,β-unsaturated/α-hetero) is 1. The number of carbonyl (C=O) groups is 2. The molecule has 1 aliphatic heterocycles. The van der Waals surface area contributed by atoms with Crippen LogP contribution in [-0.4, -0.2) is 34.2 Å². The second-order valence-electron chi connectivity index (χ2n) is 6.02. The van der Waals surface area contributed by atoms with Gasteiger partial charge in [0.1, 0.15) is 5.56 Å². The van der Waals surface area contributed by atoms with Gasteiger partial charge in [-0.05, 0) is 45.1 Å². The number of aromatic nitrogens is 1. The molecule has 3 rings (SSSR count). The largest absolute Gasteiger partial charge is 0.336 e. The van der Waals surface area contributed by atoms with Crippen molar-refractivity contribution in [2.45, 2.75) is 51.5 Å². The van der Waals surface area contributed by atoms with Crippen LogP contribution in [0.3, 0.4) is 0 Å². The van der Waals surface area contributed by atoms with E-state index in [4.69, 9.17) is 0 Å². The fraction of sp³-hybridized carbons (Fsp3) is 0.562. The number of ketones is 1. The number of piperidine rings is 1. The van der Waals surface area contributed by atoms with Crippen LogP contribution in [0.25, 0.3) is 0 Å². The maximum absolute atomic E-state index is 12.6. The molecular weight excluding hydrogens is 268 g/mol. The van der Waals surface area contributed by atoms with E-state index < -0.39 is 0 Å². The minimum atomic E-state index is -0.369. The van der Waals surface area contributed by atoms with Gasteiger partial charge in [-0.25, -0.2) is 0 Å². The number of carbonyl (C=O) groups excluding carboxylic acids is 2. The molecule has 1 unspecified atom stereocenters. The molecule has 0 radical (unpaired) electrons. The zero-order valence-electron chi connectivity index (χ0n) is 12.3. The lowest BCUT2D eigenvalue weighted by Gasteiger charge is -2.33. The third kappa shape index (κ3) is 2.52. The quantitative estimate of drug-likeness (QED) is 0.858. The second kappa shape index (κ2) is 5.47. The van der Waals surface area contributed by atoms with Gasteiger partial charge in [0, 0.05) is 30.3 Å². The van der Waals surface area contributed by atoms with Crippen LogP contribution < -0.4 is 5.56 Å². The third-order valence-corrected chi connectivity index (χ3v) is 4.55. The first-order valence-electron chi connectivity index (χ1n) is 7.68. The highest BCUT2D eigenvalue weighted by molar-refractivity contribution is 6.01. The predicted molar refractivity (Wildman–Crippen MR) is 78.7 cm³/mol. The number of likely N-dealkylation sites (tertiary alicyclic amines) is 1. The number of aromatic amines is 1. The minimum absolute atomic E-state index is 0.0215. The summed E-state index contributed by atoms with van der Waals surface area (Å²) < 4.78 is 0. The SMILES string of the molecule is CC1CCCCN1C(=O)c1cc2c([nH]c1=O)CCCC2=O. The van der Waals surface area contributed by atoms with E-state index in [0.29, 0.717) is 30.6 Å². The standard InChI is InChI=1S/C16H20N2O3/c1-10-5-2-3-8-18(10)16(21)12-9-11-13(17-15(12)20)6-4-7-14(11)19/h9-10H,2-8H2,1H3,(H,17,20). The van der Waals surface area contributed by atoms with E-state index in [2.05, 4.69) is 4.98 Å². The van der Waals surface area contributed by atoms with Gasteiger partial charge in [-0.1, -0.05) is 0 Å². The molecule has 2 heterocycles. The van der Waals surface area contributed by atoms with Gasteiger partial charge in [0.05, 0.1) is 0 Å². The molecule has 21 heavy (non-hydrogen) atoms. The highest BCUT2D eigenvalue weighted by Gasteiger charge is 2.28. The molecule has 1 aromatic heterocycles. The van der Waals surface area contributed by atoms with Gasteiger partial charge < -0.3 is 9.88 Å². The van der Waals surface area contributed by atoms with E-state index in [1.807, 2.05) is 6.92 Å². The van der Waals surface area contributed by atoms with Gasteiger partial charge in [0.25, 0.3) is 11.5 Å². The minimum Gasteiger partial charge on any atom is -0.336 e. The van der Waals surface area contributed by atoms with Crippen molar-refractivity contribution in [2.24, 2.45) is 0 Å². The Labute approximate surface area is 123 Å². The fourth-order valence-corrected chi connectivity index (χ4v) is 3.29. The van der Waals surface area contributed by atoms with Crippen molar-refractivity contribution in [1.82, 2.24) is 9.88 Å². The lowest BCUT2D eigenvalue weighted by Crippen LogP contribution is -2.44. The van der Waals surface area contributed by atoms with Crippen LogP contribution in [0.1, 0.15) is 65.4 Å². The zero-order chi connectivity index (χ0) is 15.0. The number of hydrogen-bond donors (Lipinski definition) is 1. The molecule has 1 aliphatic carbocycles. The Kier molecular flexibility index (Phi) is 3.66. The van der Waals surface area contributed by atoms with Crippen molar-refractivity contribution in [3.63, 3.8) is 0 Å². The van der Waals surface area contributed by atoms with Crippen LogP contribution >= 0.6 is 0 Å². The number of aryl methyl sites for hydroxylation is 1. The Hall–Kier alpha value is -1.91. The summed E-state index contributed by atoms with van der Waals surface area (Å²) in [6.45, 7) is 2.69. The van der Waals surface area contributed by atoms with E-state index in [-0.39, 0.29) is 28.9 Å². The van der Waals surface area contributed by atoms with Crippen LogP contribution in [0.2, 0.25) is 0 Å². The lowest BCUT2D eigenvalue weighted by atomic mass is 9.93. The molecule has 0 aromatic carbocycles. The number of H-pyrrole nitrogens is 1. The summed E-state index contributed by atoms with van der Waals surface area (Å²) in [5, 5.41) is 0. The molecule has 1 atom stereocenters. The van der Waals surface area contributed by atoms with Crippen LogP contribution in [0.15, 0.2) is 10.9 Å². The van der Waals surface area contributed by atoms with Gasteiger partial charge in [-0.2, -0.15) is 0 Å². The molecule has 5 nitrogen and oxygen atoms in total. The molecule has 1 N–H and O–H groups in total. The highest BCUT2D eigenvalue weighted by Crippen LogP contribution is 2.21. The van der Waals surface area contributed by atoms with Crippen molar-refractivity contribution in [3.05, 3.63) is 33.2 Å². The smallest absolute Gasteiger partial charge is 0.261 e. The third-order valence-electron chi connectivity index (χ3n) is 4.55. The maximum Gasteiger partial charge on any atom is 0.261 e. The molecule has 2 aliphatic rings. The molecule has 1 saturated heterocycles. The van der Waals surface area contributed by atoms with Crippen LogP contribution in [0, 0.1) is 0 Å². The Morgan fingerprint density at radius 3 is 2.81 bits per heavy atom. The normalized spacial score (nSPS) is 22.0.